The van der Waals surface area contributed by atoms with Crippen LogP contribution >= 0.6 is 11.6 Å². The lowest BCUT2D eigenvalue weighted by Crippen LogP contribution is -1.97. The van der Waals surface area contributed by atoms with Crippen molar-refractivity contribution in [3.63, 3.8) is 0 Å². The maximum Gasteiger partial charge on any atom is 0.164 e. The van der Waals surface area contributed by atoms with E-state index < -0.39 is 0 Å². The third-order valence-electron chi connectivity index (χ3n) is 2.36. The smallest absolute Gasteiger partial charge is 0.164 e. The highest BCUT2D eigenvalue weighted by molar-refractivity contribution is 6.33. The molecule has 0 atom stereocenters. The van der Waals surface area contributed by atoms with Crippen molar-refractivity contribution in [2.24, 2.45) is 0 Å². The first kappa shape index (κ1) is 10.9. The van der Waals surface area contributed by atoms with Crippen LogP contribution in [-0.4, -0.2) is 15.6 Å². The van der Waals surface area contributed by atoms with Crippen LogP contribution < -0.4 is 0 Å². The molecule has 0 aliphatic rings. The van der Waals surface area contributed by atoms with E-state index in [0.29, 0.717) is 16.4 Å². The number of ketones is 1. The van der Waals surface area contributed by atoms with E-state index in [1.165, 1.54) is 6.92 Å². The molecule has 2 aromatic rings. The summed E-state index contributed by atoms with van der Waals surface area (Å²) in [5.41, 5.74) is 2.00. The van der Waals surface area contributed by atoms with Crippen molar-refractivity contribution < 1.29 is 4.79 Å². The predicted molar refractivity (Wildman–Crippen MR) is 63.3 cm³/mol. The van der Waals surface area contributed by atoms with Crippen LogP contribution in [0.15, 0.2) is 30.3 Å². The van der Waals surface area contributed by atoms with Crippen LogP contribution in [-0.2, 0) is 0 Å². The molecule has 82 valence electrons. The summed E-state index contributed by atoms with van der Waals surface area (Å²) in [4.78, 5) is 11.4. The lowest BCUT2D eigenvalue weighted by Gasteiger charge is -2.01. The summed E-state index contributed by atoms with van der Waals surface area (Å²) >= 11 is 6.14. The molecule has 0 aliphatic heterocycles. The summed E-state index contributed by atoms with van der Waals surface area (Å²) in [5, 5.41) is 4.64. The second-order valence-electron chi connectivity index (χ2n) is 3.55. The Morgan fingerprint density at radius 1 is 1.31 bits per heavy atom. The highest BCUT2D eigenvalue weighted by atomic mass is 35.5. The van der Waals surface area contributed by atoms with Crippen molar-refractivity contribution in [2.45, 2.75) is 13.8 Å². The Bertz CT molecular complexity index is 531. The van der Waals surface area contributed by atoms with Crippen molar-refractivity contribution in [1.82, 2.24) is 9.78 Å². The number of aromatic nitrogens is 2. The minimum absolute atomic E-state index is 0.0651. The van der Waals surface area contributed by atoms with Crippen molar-refractivity contribution in [1.29, 1.82) is 0 Å². The molecule has 1 aromatic carbocycles. The Labute approximate surface area is 98.7 Å². The van der Waals surface area contributed by atoms with Crippen molar-refractivity contribution >= 4 is 17.4 Å². The first-order valence-corrected chi connectivity index (χ1v) is 5.30. The van der Waals surface area contributed by atoms with Crippen LogP contribution in [0.5, 0.6) is 0 Å². The molecule has 0 spiro atoms. The molecule has 0 radical (unpaired) electrons. The fraction of sp³-hybridized carbons (Fsp3) is 0.167. The Hall–Kier alpha value is -1.61. The number of halogens is 1. The standard InChI is InChI=1S/C12H11ClN2O/c1-8-11(9(2)16)12(13)15(14-8)10-6-4-3-5-7-10/h3-7H,1-2H3. The molecule has 0 N–H and O–H groups in total. The minimum Gasteiger partial charge on any atom is -0.294 e. The second-order valence-corrected chi connectivity index (χ2v) is 3.91. The van der Waals surface area contributed by atoms with E-state index in [2.05, 4.69) is 5.10 Å². The van der Waals surface area contributed by atoms with Gasteiger partial charge in [0.15, 0.2) is 5.78 Å². The number of carbonyl (C=O) groups is 1. The van der Waals surface area contributed by atoms with Crippen LogP contribution in [0.4, 0.5) is 0 Å². The first-order chi connectivity index (χ1) is 7.61. The van der Waals surface area contributed by atoms with Gasteiger partial charge in [0.1, 0.15) is 5.15 Å². The molecule has 0 unspecified atom stereocenters. The molecule has 16 heavy (non-hydrogen) atoms. The maximum absolute atomic E-state index is 11.4. The third kappa shape index (κ3) is 1.74. The van der Waals surface area contributed by atoms with Crippen molar-refractivity contribution in [3.8, 4) is 5.69 Å². The normalized spacial score (nSPS) is 10.4. The number of hydrogen-bond acceptors (Lipinski definition) is 2. The molecular weight excluding hydrogens is 224 g/mol. The van der Waals surface area contributed by atoms with Gasteiger partial charge in [0.05, 0.1) is 16.9 Å². The fourth-order valence-corrected chi connectivity index (χ4v) is 2.04. The fourth-order valence-electron chi connectivity index (χ4n) is 1.64. The number of hydrogen-bond donors (Lipinski definition) is 0. The number of rotatable bonds is 2. The van der Waals surface area contributed by atoms with Gasteiger partial charge in [0.2, 0.25) is 0 Å². The Morgan fingerprint density at radius 2 is 1.94 bits per heavy atom. The van der Waals surface area contributed by atoms with Crippen LogP contribution in [0, 0.1) is 6.92 Å². The topological polar surface area (TPSA) is 34.9 Å². The monoisotopic (exact) mass is 234 g/mol. The van der Waals surface area contributed by atoms with E-state index in [1.54, 1.807) is 11.6 Å². The summed E-state index contributed by atoms with van der Waals surface area (Å²) in [5.74, 6) is -0.0651. The highest BCUT2D eigenvalue weighted by Crippen LogP contribution is 2.23. The summed E-state index contributed by atoms with van der Waals surface area (Å²) in [6.45, 7) is 3.27. The summed E-state index contributed by atoms with van der Waals surface area (Å²) in [7, 11) is 0. The molecular formula is C12H11ClN2O. The van der Waals surface area contributed by atoms with Gasteiger partial charge in [-0.15, -0.1) is 0 Å². The second kappa shape index (κ2) is 4.10. The van der Waals surface area contributed by atoms with E-state index in [4.69, 9.17) is 11.6 Å². The molecule has 0 saturated carbocycles. The zero-order valence-electron chi connectivity index (χ0n) is 9.07. The highest BCUT2D eigenvalue weighted by Gasteiger charge is 2.17. The van der Waals surface area contributed by atoms with Gasteiger partial charge in [-0.1, -0.05) is 29.8 Å². The SMILES string of the molecule is CC(=O)c1c(C)nn(-c2ccccc2)c1Cl. The first-order valence-electron chi connectivity index (χ1n) is 4.92. The largest absolute Gasteiger partial charge is 0.294 e. The van der Waals surface area contributed by atoms with Gasteiger partial charge in [-0.25, -0.2) is 4.68 Å². The van der Waals surface area contributed by atoms with E-state index in [-0.39, 0.29) is 5.78 Å². The van der Waals surface area contributed by atoms with Gasteiger partial charge in [0.25, 0.3) is 0 Å². The molecule has 0 bridgehead atoms. The number of carbonyl (C=O) groups excluding carboxylic acids is 1. The molecule has 3 nitrogen and oxygen atoms in total. The molecule has 2 rings (SSSR count). The van der Waals surface area contributed by atoms with Gasteiger partial charge >= 0.3 is 0 Å². The van der Waals surface area contributed by atoms with Gasteiger partial charge in [0, 0.05) is 0 Å². The van der Waals surface area contributed by atoms with Crippen LogP contribution in [0.25, 0.3) is 5.69 Å². The Balaban J connectivity index is 2.61. The Morgan fingerprint density at radius 3 is 2.44 bits per heavy atom. The van der Waals surface area contributed by atoms with E-state index in [1.807, 2.05) is 30.3 Å². The zero-order chi connectivity index (χ0) is 11.7. The van der Waals surface area contributed by atoms with Crippen LogP contribution in [0.3, 0.4) is 0 Å². The molecule has 0 aliphatic carbocycles. The van der Waals surface area contributed by atoms with Gasteiger partial charge in [-0.3, -0.25) is 4.79 Å². The molecule has 1 heterocycles. The predicted octanol–water partition coefficient (Wildman–Crippen LogP) is 3.04. The molecule has 0 fully saturated rings. The van der Waals surface area contributed by atoms with Crippen LogP contribution in [0.2, 0.25) is 5.15 Å². The quantitative estimate of drug-likeness (QED) is 0.749. The lowest BCUT2D eigenvalue weighted by molar-refractivity contribution is 0.101. The summed E-state index contributed by atoms with van der Waals surface area (Å²) in [6.07, 6.45) is 0. The van der Waals surface area contributed by atoms with Gasteiger partial charge in [-0.05, 0) is 26.0 Å². The van der Waals surface area contributed by atoms with Crippen molar-refractivity contribution in [3.05, 3.63) is 46.7 Å². The summed E-state index contributed by atoms with van der Waals surface area (Å²) < 4.78 is 1.58. The molecule has 0 saturated heterocycles. The summed E-state index contributed by atoms with van der Waals surface area (Å²) in [6, 6.07) is 9.50. The molecule has 0 amide bonds. The number of aryl methyl sites for hydroxylation is 1. The Kier molecular flexibility index (Phi) is 2.79. The van der Waals surface area contributed by atoms with Crippen LogP contribution in [0.1, 0.15) is 23.0 Å². The van der Waals surface area contributed by atoms with E-state index in [9.17, 15) is 4.79 Å². The molecule has 1 aromatic heterocycles. The third-order valence-corrected chi connectivity index (χ3v) is 2.71. The maximum atomic E-state index is 11.4. The van der Waals surface area contributed by atoms with Crippen molar-refractivity contribution in [2.75, 3.05) is 0 Å². The lowest BCUT2D eigenvalue weighted by atomic mass is 10.2. The average molecular weight is 235 g/mol. The van der Waals surface area contributed by atoms with Gasteiger partial charge < -0.3 is 0 Å². The number of benzene rings is 1. The van der Waals surface area contributed by atoms with Gasteiger partial charge in [-0.2, -0.15) is 5.10 Å². The van der Waals surface area contributed by atoms with E-state index in [0.717, 1.165) is 5.69 Å². The number of Topliss-reactive ketones (excluding diaryl/α,β-unsaturated/α-hetero) is 1. The number of nitrogens with zero attached hydrogens (tertiary/aromatic N) is 2. The number of para-hydroxylation sites is 1. The molecule has 4 heteroatoms. The van der Waals surface area contributed by atoms with E-state index >= 15 is 0 Å². The average Bonchev–Trinajstić information content (AvgIpc) is 2.55. The minimum atomic E-state index is -0.0651. The zero-order valence-corrected chi connectivity index (χ0v) is 9.82.